The second-order valence-electron chi connectivity index (χ2n) is 3.18. The van der Waals surface area contributed by atoms with Crippen LogP contribution >= 0.6 is 11.6 Å². The Morgan fingerprint density at radius 2 is 2.12 bits per heavy atom. The average Bonchev–Trinajstić information content (AvgIpc) is 2.29. The molecule has 0 unspecified atom stereocenters. The summed E-state index contributed by atoms with van der Waals surface area (Å²) in [7, 11) is 0. The highest BCUT2D eigenvalue weighted by molar-refractivity contribution is 6.67. The molecule has 0 saturated carbocycles. The van der Waals surface area contributed by atoms with E-state index in [4.69, 9.17) is 11.6 Å². The molecule has 0 radical (unpaired) electrons. The van der Waals surface area contributed by atoms with Crippen molar-refractivity contribution in [2.24, 2.45) is 0 Å². The monoisotopic (exact) mass is 233 g/mol. The number of hydrogen-bond acceptors (Lipinski definition) is 4. The lowest BCUT2D eigenvalue weighted by Gasteiger charge is -2.02. The molecule has 0 spiro atoms. The van der Waals surface area contributed by atoms with Crippen molar-refractivity contribution in [2.45, 2.75) is 6.92 Å². The van der Waals surface area contributed by atoms with Gasteiger partial charge in [0.25, 0.3) is 5.24 Å². The molecule has 0 bridgehead atoms. The highest BCUT2D eigenvalue weighted by atomic mass is 35.5. The van der Waals surface area contributed by atoms with E-state index >= 15 is 0 Å². The van der Waals surface area contributed by atoms with Gasteiger partial charge in [0.1, 0.15) is 5.69 Å². The normalized spacial score (nSPS) is 10.1. The van der Waals surface area contributed by atoms with Crippen LogP contribution in [0, 0.1) is 6.92 Å². The molecular formula is C11H8ClN3O. The maximum Gasteiger partial charge on any atom is 0.255 e. The van der Waals surface area contributed by atoms with E-state index in [0.717, 1.165) is 0 Å². The van der Waals surface area contributed by atoms with Crippen molar-refractivity contribution in [3.05, 3.63) is 41.9 Å². The second-order valence-corrected chi connectivity index (χ2v) is 3.52. The summed E-state index contributed by atoms with van der Waals surface area (Å²) >= 11 is 5.37. The van der Waals surface area contributed by atoms with Crippen molar-refractivity contribution in [3.63, 3.8) is 0 Å². The molecule has 0 saturated heterocycles. The predicted octanol–water partition coefficient (Wildman–Crippen LogP) is 2.23. The quantitative estimate of drug-likeness (QED) is 0.747. The summed E-state index contributed by atoms with van der Waals surface area (Å²) in [6.07, 6.45) is 3.08. The molecule has 16 heavy (non-hydrogen) atoms. The molecule has 0 atom stereocenters. The van der Waals surface area contributed by atoms with Crippen LogP contribution in [0.15, 0.2) is 30.6 Å². The SMILES string of the molecule is Cc1nc(-c2ccccn2)ncc1C(=O)Cl. The minimum atomic E-state index is -0.551. The number of halogens is 1. The van der Waals surface area contributed by atoms with E-state index in [0.29, 0.717) is 22.8 Å². The van der Waals surface area contributed by atoms with E-state index < -0.39 is 5.24 Å². The van der Waals surface area contributed by atoms with Gasteiger partial charge in [-0.1, -0.05) is 6.07 Å². The minimum Gasteiger partial charge on any atom is -0.275 e. The first-order valence-corrected chi connectivity index (χ1v) is 5.01. The summed E-state index contributed by atoms with van der Waals surface area (Å²) < 4.78 is 0. The number of nitrogens with zero attached hydrogens (tertiary/aromatic N) is 3. The lowest BCUT2D eigenvalue weighted by atomic mass is 10.2. The first kappa shape index (κ1) is 10.7. The number of pyridine rings is 1. The van der Waals surface area contributed by atoms with Crippen LogP contribution < -0.4 is 0 Å². The maximum absolute atomic E-state index is 11.0. The topological polar surface area (TPSA) is 55.7 Å². The molecule has 0 N–H and O–H groups in total. The molecule has 0 aromatic carbocycles. The molecule has 5 heteroatoms. The molecule has 2 aromatic rings. The van der Waals surface area contributed by atoms with Crippen LogP contribution in [0.4, 0.5) is 0 Å². The van der Waals surface area contributed by atoms with Gasteiger partial charge in [-0.05, 0) is 30.7 Å². The van der Waals surface area contributed by atoms with Crippen LogP contribution in [-0.2, 0) is 0 Å². The summed E-state index contributed by atoms with van der Waals surface area (Å²) in [5, 5.41) is -0.551. The van der Waals surface area contributed by atoms with Crippen LogP contribution in [0.5, 0.6) is 0 Å². The van der Waals surface area contributed by atoms with Crippen molar-refractivity contribution < 1.29 is 4.79 Å². The van der Waals surface area contributed by atoms with Crippen LogP contribution in [0.3, 0.4) is 0 Å². The summed E-state index contributed by atoms with van der Waals surface area (Å²) in [6.45, 7) is 1.71. The Bertz CT molecular complexity index is 528. The van der Waals surface area contributed by atoms with Crippen LogP contribution in [0.25, 0.3) is 11.5 Å². The van der Waals surface area contributed by atoms with Crippen molar-refractivity contribution in [3.8, 4) is 11.5 Å². The summed E-state index contributed by atoms with van der Waals surface area (Å²) in [4.78, 5) is 23.3. The van der Waals surface area contributed by atoms with E-state index in [1.807, 2.05) is 12.1 Å². The zero-order valence-electron chi connectivity index (χ0n) is 8.51. The van der Waals surface area contributed by atoms with Gasteiger partial charge in [-0.2, -0.15) is 0 Å². The van der Waals surface area contributed by atoms with Gasteiger partial charge in [-0.3, -0.25) is 9.78 Å². The van der Waals surface area contributed by atoms with Crippen LogP contribution in [0.1, 0.15) is 16.1 Å². The Hall–Kier alpha value is -1.81. The van der Waals surface area contributed by atoms with Crippen molar-refractivity contribution in [1.29, 1.82) is 0 Å². The summed E-state index contributed by atoms with van der Waals surface area (Å²) in [5.74, 6) is 0.486. The van der Waals surface area contributed by atoms with Crippen LogP contribution in [0.2, 0.25) is 0 Å². The Balaban J connectivity index is 2.46. The summed E-state index contributed by atoms with van der Waals surface area (Å²) in [5.41, 5.74) is 1.54. The zero-order chi connectivity index (χ0) is 11.5. The standard InChI is InChI=1S/C11H8ClN3O/c1-7-8(10(12)16)6-14-11(15-7)9-4-2-3-5-13-9/h2-6H,1H3. The molecule has 2 rings (SSSR count). The highest BCUT2D eigenvalue weighted by Gasteiger charge is 2.10. The molecule has 4 nitrogen and oxygen atoms in total. The molecule has 80 valence electrons. The molecule has 0 amide bonds. The van der Waals surface area contributed by atoms with Crippen molar-refractivity contribution in [2.75, 3.05) is 0 Å². The predicted molar refractivity (Wildman–Crippen MR) is 60.2 cm³/mol. The lowest BCUT2D eigenvalue weighted by Crippen LogP contribution is -2.01. The van der Waals surface area contributed by atoms with Gasteiger partial charge in [-0.25, -0.2) is 9.97 Å². The Morgan fingerprint density at radius 3 is 2.69 bits per heavy atom. The fourth-order valence-corrected chi connectivity index (χ4v) is 1.46. The Labute approximate surface area is 97.3 Å². The zero-order valence-corrected chi connectivity index (χ0v) is 9.27. The van der Waals surface area contributed by atoms with E-state index in [9.17, 15) is 4.79 Å². The van der Waals surface area contributed by atoms with E-state index in [1.54, 1.807) is 19.2 Å². The number of carbonyl (C=O) groups excluding carboxylic acids is 1. The third-order valence-electron chi connectivity index (χ3n) is 2.09. The largest absolute Gasteiger partial charge is 0.275 e. The lowest BCUT2D eigenvalue weighted by molar-refractivity contribution is 0.108. The van der Waals surface area contributed by atoms with E-state index in [2.05, 4.69) is 15.0 Å². The second kappa shape index (κ2) is 4.37. The first-order valence-electron chi connectivity index (χ1n) is 4.63. The molecule has 2 heterocycles. The van der Waals surface area contributed by atoms with Gasteiger partial charge in [0.2, 0.25) is 0 Å². The Morgan fingerprint density at radius 1 is 1.31 bits per heavy atom. The van der Waals surface area contributed by atoms with Gasteiger partial charge >= 0.3 is 0 Å². The average molecular weight is 234 g/mol. The van der Waals surface area contributed by atoms with Gasteiger partial charge in [0, 0.05) is 12.4 Å². The van der Waals surface area contributed by atoms with Gasteiger partial charge in [0.05, 0.1) is 11.3 Å². The molecular weight excluding hydrogens is 226 g/mol. The van der Waals surface area contributed by atoms with E-state index in [1.165, 1.54) is 6.20 Å². The molecule has 0 aliphatic rings. The number of aryl methyl sites for hydroxylation is 1. The molecule has 0 fully saturated rings. The third kappa shape index (κ3) is 2.06. The first-order chi connectivity index (χ1) is 7.68. The van der Waals surface area contributed by atoms with E-state index in [-0.39, 0.29) is 0 Å². The minimum absolute atomic E-state index is 0.321. The Kier molecular flexibility index (Phi) is 2.92. The van der Waals surface area contributed by atoms with Gasteiger partial charge in [0.15, 0.2) is 5.82 Å². The smallest absolute Gasteiger partial charge is 0.255 e. The molecule has 2 aromatic heterocycles. The van der Waals surface area contributed by atoms with Crippen LogP contribution in [-0.4, -0.2) is 20.2 Å². The summed E-state index contributed by atoms with van der Waals surface area (Å²) in [6, 6.07) is 5.46. The van der Waals surface area contributed by atoms with Gasteiger partial charge in [-0.15, -0.1) is 0 Å². The number of carbonyl (C=O) groups is 1. The van der Waals surface area contributed by atoms with Crippen molar-refractivity contribution in [1.82, 2.24) is 15.0 Å². The molecule has 0 aliphatic carbocycles. The number of aromatic nitrogens is 3. The fraction of sp³-hybridized carbons (Fsp3) is 0.0909. The maximum atomic E-state index is 11.0. The fourth-order valence-electron chi connectivity index (χ4n) is 1.28. The van der Waals surface area contributed by atoms with Crippen molar-refractivity contribution >= 4 is 16.8 Å². The van der Waals surface area contributed by atoms with Gasteiger partial charge < -0.3 is 0 Å². The number of hydrogen-bond donors (Lipinski definition) is 0. The molecule has 0 aliphatic heterocycles. The highest BCUT2D eigenvalue weighted by Crippen LogP contribution is 2.14. The number of rotatable bonds is 2. The third-order valence-corrected chi connectivity index (χ3v) is 2.29.